The lowest BCUT2D eigenvalue weighted by Gasteiger charge is -2.08. The maximum Gasteiger partial charge on any atom is 0.213 e. The number of aromatic amines is 1. The molecule has 0 atom stereocenters. The SMILES string of the molecule is COc1ccc(Cl)cc1C(=O)c1[nH]cc(C)c1C. The number of aryl methyl sites for hydroxylation is 1. The lowest BCUT2D eigenvalue weighted by atomic mass is 10.0. The van der Waals surface area contributed by atoms with E-state index < -0.39 is 0 Å². The monoisotopic (exact) mass is 263 g/mol. The van der Waals surface area contributed by atoms with Crippen LogP contribution in [0.25, 0.3) is 0 Å². The first-order chi connectivity index (χ1) is 8.54. The number of hydrogen-bond donors (Lipinski definition) is 1. The first-order valence-electron chi connectivity index (χ1n) is 5.57. The number of ketones is 1. The predicted octanol–water partition coefficient (Wildman–Crippen LogP) is 3.52. The van der Waals surface area contributed by atoms with E-state index in [2.05, 4.69) is 4.98 Å². The molecule has 0 saturated heterocycles. The summed E-state index contributed by atoms with van der Waals surface area (Å²) in [6.07, 6.45) is 1.82. The summed E-state index contributed by atoms with van der Waals surface area (Å²) in [7, 11) is 1.53. The van der Waals surface area contributed by atoms with Crippen LogP contribution in [0.2, 0.25) is 5.02 Å². The number of carbonyl (C=O) groups excluding carboxylic acids is 1. The highest BCUT2D eigenvalue weighted by Crippen LogP contribution is 2.26. The van der Waals surface area contributed by atoms with E-state index in [9.17, 15) is 4.79 Å². The van der Waals surface area contributed by atoms with E-state index in [0.717, 1.165) is 11.1 Å². The maximum absolute atomic E-state index is 12.4. The standard InChI is InChI=1S/C14H14ClNO2/c1-8-7-16-13(9(8)2)14(17)11-6-10(15)4-5-12(11)18-3/h4-7,16H,1-3H3. The fourth-order valence-corrected chi connectivity index (χ4v) is 1.99. The van der Waals surface area contributed by atoms with Crippen LogP contribution in [0.15, 0.2) is 24.4 Å². The van der Waals surface area contributed by atoms with Gasteiger partial charge in [-0.1, -0.05) is 11.6 Å². The second-order valence-electron chi connectivity index (χ2n) is 4.15. The second-order valence-corrected chi connectivity index (χ2v) is 4.58. The number of benzene rings is 1. The van der Waals surface area contributed by atoms with Crippen LogP contribution in [0.3, 0.4) is 0 Å². The van der Waals surface area contributed by atoms with Crippen LogP contribution in [0.1, 0.15) is 27.2 Å². The Hall–Kier alpha value is -1.74. The molecule has 2 aromatic rings. The number of H-pyrrole nitrogens is 1. The molecule has 94 valence electrons. The van der Waals surface area contributed by atoms with Crippen molar-refractivity contribution in [2.75, 3.05) is 7.11 Å². The van der Waals surface area contributed by atoms with E-state index in [1.165, 1.54) is 7.11 Å². The van der Waals surface area contributed by atoms with Crippen molar-refractivity contribution in [2.24, 2.45) is 0 Å². The number of hydrogen-bond acceptors (Lipinski definition) is 2. The third kappa shape index (κ3) is 2.14. The van der Waals surface area contributed by atoms with Gasteiger partial charge in [0, 0.05) is 11.2 Å². The van der Waals surface area contributed by atoms with Crippen molar-refractivity contribution in [1.82, 2.24) is 4.98 Å². The Balaban J connectivity index is 2.52. The quantitative estimate of drug-likeness (QED) is 0.861. The predicted molar refractivity (Wildman–Crippen MR) is 71.7 cm³/mol. The van der Waals surface area contributed by atoms with Gasteiger partial charge in [0.05, 0.1) is 18.4 Å². The molecule has 0 radical (unpaired) electrons. The molecule has 0 amide bonds. The molecular weight excluding hydrogens is 250 g/mol. The highest BCUT2D eigenvalue weighted by molar-refractivity contribution is 6.31. The molecule has 1 aromatic heterocycles. The minimum absolute atomic E-state index is 0.111. The Kier molecular flexibility index (Phi) is 3.43. The Morgan fingerprint density at radius 3 is 2.61 bits per heavy atom. The average Bonchev–Trinajstić information content (AvgIpc) is 2.69. The summed E-state index contributed by atoms with van der Waals surface area (Å²) in [6.45, 7) is 3.87. The Morgan fingerprint density at radius 1 is 1.33 bits per heavy atom. The van der Waals surface area contributed by atoms with Gasteiger partial charge in [-0.15, -0.1) is 0 Å². The van der Waals surface area contributed by atoms with Gasteiger partial charge in [0.2, 0.25) is 5.78 Å². The van der Waals surface area contributed by atoms with Gasteiger partial charge in [-0.05, 0) is 43.2 Å². The first kappa shape index (κ1) is 12.7. The zero-order valence-electron chi connectivity index (χ0n) is 10.5. The van der Waals surface area contributed by atoms with Gasteiger partial charge in [-0.2, -0.15) is 0 Å². The summed E-state index contributed by atoms with van der Waals surface area (Å²) >= 11 is 5.93. The number of rotatable bonds is 3. The van der Waals surface area contributed by atoms with Crippen LogP contribution in [0.4, 0.5) is 0 Å². The Labute approximate surface area is 111 Å². The molecule has 4 heteroatoms. The number of ether oxygens (including phenoxy) is 1. The summed E-state index contributed by atoms with van der Waals surface area (Å²) in [4.78, 5) is 15.4. The van der Waals surface area contributed by atoms with Crippen molar-refractivity contribution < 1.29 is 9.53 Å². The van der Waals surface area contributed by atoms with Gasteiger partial charge in [0.25, 0.3) is 0 Å². The molecule has 2 rings (SSSR count). The molecule has 1 heterocycles. The van der Waals surface area contributed by atoms with Crippen LogP contribution in [0.5, 0.6) is 5.75 Å². The van der Waals surface area contributed by atoms with Crippen molar-refractivity contribution in [3.8, 4) is 5.75 Å². The zero-order valence-corrected chi connectivity index (χ0v) is 11.3. The van der Waals surface area contributed by atoms with E-state index in [1.54, 1.807) is 18.2 Å². The van der Waals surface area contributed by atoms with Crippen molar-refractivity contribution in [1.29, 1.82) is 0 Å². The molecule has 0 spiro atoms. The maximum atomic E-state index is 12.4. The van der Waals surface area contributed by atoms with Crippen molar-refractivity contribution in [2.45, 2.75) is 13.8 Å². The molecule has 1 aromatic carbocycles. The topological polar surface area (TPSA) is 42.1 Å². The summed E-state index contributed by atoms with van der Waals surface area (Å²) < 4.78 is 5.20. The van der Waals surface area contributed by atoms with Gasteiger partial charge >= 0.3 is 0 Å². The van der Waals surface area contributed by atoms with Crippen LogP contribution in [-0.2, 0) is 0 Å². The van der Waals surface area contributed by atoms with Gasteiger partial charge in [0.15, 0.2) is 0 Å². The fourth-order valence-electron chi connectivity index (χ4n) is 1.82. The minimum Gasteiger partial charge on any atom is -0.496 e. The van der Waals surface area contributed by atoms with Gasteiger partial charge in [0.1, 0.15) is 5.75 Å². The number of nitrogens with one attached hydrogen (secondary N) is 1. The van der Waals surface area contributed by atoms with E-state index >= 15 is 0 Å². The number of methoxy groups -OCH3 is 1. The second kappa shape index (κ2) is 4.86. The van der Waals surface area contributed by atoms with Crippen LogP contribution in [0, 0.1) is 13.8 Å². The highest BCUT2D eigenvalue weighted by atomic mass is 35.5. The lowest BCUT2D eigenvalue weighted by Crippen LogP contribution is -2.06. The Bertz CT molecular complexity index is 602. The molecule has 0 bridgehead atoms. The fraction of sp³-hybridized carbons (Fsp3) is 0.214. The normalized spacial score (nSPS) is 10.4. The number of halogens is 1. The minimum atomic E-state index is -0.111. The zero-order chi connectivity index (χ0) is 13.3. The van der Waals surface area contributed by atoms with Crippen LogP contribution in [-0.4, -0.2) is 17.9 Å². The third-order valence-corrected chi connectivity index (χ3v) is 3.27. The van der Waals surface area contributed by atoms with Gasteiger partial charge in [-0.3, -0.25) is 4.79 Å². The molecule has 18 heavy (non-hydrogen) atoms. The molecule has 0 aliphatic heterocycles. The third-order valence-electron chi connectivity index (χ3n) is 3.03. The van der Waals surface area contributed by atoms with E-state index in [1.807, 2.05) is 20.0 Å². The summed E-state index contributed by atoms with van der Waals surface area (Å²) in [5.41, 5.74) is 3.05. The molecule has 0 fully saturated rings. The van der Waals surface area contributed by atoms with E-state index in [4.69, 9.17) is 16.3 Å². The highest BCUT2D eigenvalue weighted by Gasteiger charge is 2.18. The number of aromatic nitrogens is 1. The van der Waals surface area contributed by atoms with Crippen LogP contribution >= 0.6 is 11.6 Å². The number of carbonyl (C=O) groups is 1. The van der Waals surface area contributed by atoms with E-state index in [0.29, 0.717) is 22.0 Å². The molecular formula is C14H14ClNO2. The smallest absolute Gasteiger partial charge is 0.213 e. The average molecular weight is 264 g/mol. The molecule has 0 aliphatic rings. The van der Waals surface area contributed by atoms with Gasteiger partial charge < -0.3 is 9.72 Å². The molecule has 0 unspecified atom stereocenters. The van der Waals surface area contributed by atoms with E-state index in [-0.39, 0.29) is 5.78 Å². The van der Waals surface area contributed by atoms with Crippen molar-refractivity contribution in [3.05, 3.63) is 51.8 Å². The van der Waals surface area contributed by atoms with Gasteiger partial charge in [-0.25, -0.2) is 0 Å². The Morgan fingerprint density at radius 2 is 2.06 bits per heavy atom. The van der Waals surface area contributed by atoms with Crippen LogP contribution < -0.4 is 4.74 Å². The molecule has 0 aliphatic carbocycles. The van der Waals surface area contributed by atoms with Crippen molar-refractivity contribution in [3.63, 3.8) is 0 Å². The summed E-state index contributed by atoms with van der Waals surface area (Å²) in [5.74, 6) is 0.413. The van der Waals surface area contributed by atoms with Crippen molar-refractivity contribution >= 4 is 17.4 Å². The molecule has 3 nitrogen and oxygen atoms in total. The molecule has 1 N–H and O–H groups in total. The first-order valence-corrected chi connectivity index (χ1v) is 5.95. The summed E-state index contributed by atoms with van der Waals surface area (Å²) in [5, 5.41) is 0.514. The lowest BCUT2D eigenvalue weighted by molar-refractivity contribution is 0.103. The molecule has 0 saturated carbocycles. The largest absolute Gasteiger partial charge is 0.496 e. The summed E-state index contributed by atoms with van der Waals surface area (Å²) in [6, 6.07) is 5.02.